The van der Waals surface area contributed by atoms with E-state index < -0.39 is 0 Å². The smallest absolute Gasteiger partial charge is 0.242 e. The van der Waals surface area contributed by atoms with Gasteiger partial charge in [0.15, 0.2) is 5.82 Å². The summed E-state index contributed by atoms with van der Waals surface area (Å²) in [4.78, 5) is 14.5. The van der Waals surface area contributed by atoms with Gasteiger partial charge >= 0.3 is 0 Å². The fourth-order valence-electron chi connectivity index (χ4n) is 2.79. The second-order valence-electron chi connectivity index (χ2n) is 5.84. The van der Waals surface area contributed by atoms with Gasteiger partial charge in [0, 0.05) is 25.4 Å². The molecule has 3 rings (SSSR count). The van der Waals surface area contributed by atoms with E-state index in [0.717, 1.165) is 25.1 Å². The summed E-state index contributed by atoms with van der Waals surface area (Å²) in [7, 11) is 0. The Morgan fingerprint density at radius 3 is 2.82 bits per heavy atom. The fourth-order valence-corrected chi connectivity index (χ4v) is 2.79. The summed E-state index contributed by atoms with van der Waals surface area (Å²) in [6, 6.07) is 1.92. The van der Waals surface area contributed by atoms with Crippen molar-refractivity contribution in [2.24, 2.45) is 0 Å². The standard InChI is InChI=1S/C15H21N5O2/c1-4-13(15(21)17-14-5-11(3)22-18-14)19-8-12(9-19)20-7-10(2)6-16-20/h5-7,12-13H,4,8-9H2,1-3H3,(H,17,18,21). The third kappa shape index (κ3) is 2.89. The highest BCUT2D eigenvalue weighted by molar-refractivity contribution is 5.94. The minimum Gasteiger partial charge on any atom is -0.360 e. The van der Waals surface area contributed by atoms with Gasteiger partial charge in [0.05, 0.1) is 18.3 Å². The molecule has 0 saturated carbocycles. The topological polar surface area (TPSA) is 76.2 Å². The first-order valence-corrected chi connectivity index (χ1v) is 7.55. The zero-order valence-electron chi connectivity index (χ0n) is 13.1. The zero-order valence-corrected chi connectivity index (χ0v) is 13.1. The molecule has 1 aliphatic rings. The molecule has 0 aromatic carbocycles. The van der Waals surface area contributed by atoms with Crippen molar-refractivity contribution in [1.29, 1.82) is 0 Å². The van der Waals surface area contributed by atoms with E-state index in [9.17, 15) is 4.79 Å². The van der Waals surface area contributed by atoms with E-state index in [1.807, 2.05) is 30.9 Å². The normalized spacial score (nSPS) is 17.2. The number of hydrogen-bond donors (Lipinski definition) is 1. The number of aryl methyl sites for hydroxylation is 2. The van der Waals surface area contributed by atoms with Crippen molar-refractivity contribution in [3.63, 3.8) is 0 Å². The summed E-state index contributed by atoms with van der Waals surface area (Å²) in [6.45, 7) is 7.52. The fraction of sp³-hybridized carbons (Fsp3) is 0.533. The molecule has 0 spiro atoms. The lowest BCUT2D eigenvalue weighted by Gasteiger charge is -2.43. The molecular formula is C15H21N5O2. The van der Waals surface area contributed by atoms with Crippen LogP contribution in [0.3, 0.4) is 0 Å². The Morgan fingerprint density at radius 1 is 1.50 bits per heavy atom. The third-order valence-electron chi connectivity index (χ3n) is 4.00. The molecule has 0 radical (unpaired) electrons. The van der Waals surface area contributed by atoms with E-state index in [-0.39, 0.29) is 11.9 Å². The van der Waals surface area contributed by atoms with Gasteiger partial charge in [0.1, 0.15) is 5.76 Å². The lowest BCUT2D eigenvalue weighted by molar-refractivity contribution is -0.124. The highest BCUT2D eigenvalue weighted by Crippen LogP contribution is 2.25. The maximum atomic E-state index is 12.4. The Morgan fingerprint density at radius 2 is 2.27 bits per heavy atom. The van der Waals surface area contributed by atoms with Gasteiger partial charge in [-0.15, -0.1) is 0 Å². The molecule has 1 amide bonds. The number of aromatic nitrogens is 3. The van der Waals surface area contributed by atoms with Crippen LogP contribution in [0.2, 0.25) is 0 Å². The molecule has 0 bridgehead atoms. The Kier molecular flexibility index (Phi) is 3.98. The summed E-state index contributed by atoms with van der Waals surface area (Å²) in [5, 5.41) is 11.0. The van der Waals surface area contributed by atoms with Gasteiger partial charge in [-0.2, -0.15) is 5.10 Å². The molecule has 2 aromatic rings. The average Bonchev–Trinajstić information content (AvgIpc) is 3.02. The van der Waals surface area contributed by atoms with Gasteiger partial charge in [-0.1, -0.05) is 12.1 Å². The maximum Gasteiger partial charge on any atom is 0.242 e. The predicted molar refractivity (Wildman–Crippen MR) is 81.5 cm³/mol. The molecule has 1 fully saturated rings. The molecule has 1 atom stereocenters. The molecule has 1 saturated heterocycles. The predicted octanol–water partition coefficient (Wildman–Crippen LogP) is 1.76. The average molecular weight is 303 g/mol. The first-order valence-electron chi connectivity index (χ1n) is 7.55. The van der Waals surface area contributed by atoms with Crippen LogP contribution in [-0.2, 0) is 4.79 Å². The number of nitrogens with zero attached hydrogens (tertiary/aromatic N) is 4. The number of nitrogens with one attached hydrogen (secondary N) is 1. The van der Waals surface area contributed by atoms with E-state index in [4.69, 9.17) is 4.52 Å². The van der Waals surface area contributed by atoms with Crippen LogP contribution in [0.5, 0.6) is 0 Å². The van der Waals surface area contributed by atoms with Gasteiger partial charge in [-0.05, 0) is 25.8 Å². The minimum absolute atomic E-state index is 0.0362. The Balaban J connectivity index is 1.57. The van der Waals surface area contributed by atoms with Crippen molar-refractivity contribution in [3.05, 3.63) is 29.8 Å². The first kappa shape index (κ1) is 14.8. The largest absolute Gasteiger partial charge is 0.360 e. The molecule has 2 aromatic heterocycles. The van der Waals surface area contributed by atoms with Crippen LogP contribution in [0, 0.1) is 13.8 Å². The molecule has 0 aliphatic carbocycles. The molecule has 118 valence electrons. The molecule has 1 unspecified atom stereocenters. The van der Waals surface area contributed by atoms with Crippen LogP contribution in [0.15, 0.2) is 23.0 Å². The number of hydrogen-bond acceptors (Lipinski definition) is 5. The van der Waals surface area contributed by atoms with E-state index in [1.54, 1.807) is 13.0 Å². The Hall–Kier alpha value is -2.15. The Labute approximate surface area is 129 Å². The Bertz CT molecular complexity index is 656. The van der Waals surface area contributed by atoms with Crippen molar-refractivity contribution in [3.8, 4) is 0 Å². The molecule has 7 nitrogen and oxygen atoms in total. The lowest BCUT2D eigenvalue weighted by Crippen LogP contribution is -2.56. The quantitative estimate of drug-likeness (QED) is 0.911. The van der Waals surface area contributed by atoms with Crippen LogP contribution in [0.1, 0.15) is 30.7 Å². The SMILES string of the molecule is CCC(C(=O)Nc1cc(C)on1)N1CC(n2cc(C)cn2)C1. The van der Waals surface area contributed by atoms with Crippen LogP contribution in [-0.4, -0.2) is 44.9 Å². The second kappa shape index (κ2) is 5.92. The number of likely N-dealkylation sites (tertiary alicyclic amines) is 1. The van der Waals surface area contributed by atoms with Crippen LogP contribution < -0.4 is 5.32 Å². The summed E-state index contributed by atoms with van der Waals surface area (Å²) >= 11 is 0. The molecule has 7 heteroatoms. The van der Waals surface area contributed by atoms with Gasteiger partial charge < -0.3 is 9.84 Å². The summed E-state index contributed by atoms with van der Waals surface area (Å²) < 4.78 is 6.95. The highest BCUT2D eigenvalue weighted by atomic mass is 16.5. The van der Waals surface area contributed by atoms with E-state index in [0.29, 0.717) is 17.6 Å². The zero-order chi connectivity index (χ0) is 15.7. The number of anilines is 1. The van der Waals surface area contributed by atoms with Crippen molar-refractivity contribution in [2.45, 2.75) is 39.3 Å². The molecule has 3 heterocycles. The van der Waals surface area contributed by atoms with E-state index in [1.165, 1.54) is 0 Å². The van der Waals surface area contributed by atoms with Crippen molar-refractivity contribution in [2.75, 3.05) is 18.4 Å². The van der Waals surface area contributed by atoms with Gasteiger partial charge in [-0.25, -0.2) is 0 Å². The monoisotopic (exact) mass is 303 g/mol. The first-order chi connectivity index (χ1) is 10.6. The molecule has 1 N–H and O–H groups in total. The van der Waals surface area contributed by atoms with Gasteiger partial charge in [0.2, 0.25) is 5.91 Å². The summed E-state index contributed by atoms with van der Waals surface area (Å²) in [5.41, 5.74) is 1.16. The van der Waals surface area contributed by atoms with Gasteiger partial charge in [-0.3, -0.25) is 14.4 Å². The number of amides is 1. The van der Waals surface area contributed by atoms with Gasteiger partial charge in [0.25, 0.3) is 0 Å². The number of carbonyl (C=O) groups excluding carboxylic acids is 1. The van der Waals surface area contributed by atoms with Crippen molar-refractivity contribution in [1.82, 2.24) is 19.8 Å². The van der Waals surface area contributed by atoms with Crippen molar-refractivity contribution >= 4 is 11.7 Å². The third-order valence-corrected chi connectivity index (χ3v) is 4.00. The van der Waals surface area contributed by atoms with Crippen LogP contribution in [0.25, 0.3) is 0 Å². The van der Waals surface area contributed by atoms with E-state index >= 15 is 0 Å². The molecule has 22 heavy (non-hydrogen) atoms. The molecular weight excluding hydrogens is 282 g/mol. The number of rotatable bonds is 5. The summed E-state index contributed by atoms with van der Waals surface area (Å²) in [5.74, 6) is 1.12. The summed E-state index contributed by atoms with van der Waals surface area (Å²) in [6.07, 6.45) is 4.66. The minimum atomic E-state index is -0.148. The lowest BCUT2D eigenvalue weighted by atomic mass is 10.0. The molecule has 1 aliphatic heterocycles. The number of carbonyl (C=O) groups is 1. The van der Waals surface area contributed by atoms with Crippen LogP contribution in [0.4, 0.5) is 5.82 Å². The van der Waals surface area contributed by atoms with E-state index in [2.05, 4.69) is 20.5 Å². The maximum absolute atomic E-state index is 12.4. The second-order valence-corrected chi connectivity index (χ2v) is 5.84. The van der Waals surface area contributed by atoms with Crippen molar-refractivity contribution < 1.29 is 9.32 Å². The highest BCUT2D eigenvalue weighted by Gasteiger charge is 2.36. The van der Waals surface area contributed by atoms with Crippen LogP contribution >= 0.6 is 0 Å².